The number of allylic oxidation sites excluding steroid dienone is 1. The van der Waals surface area contributed by atoms with Gasteiger partial charge in [0.1, 0.15) is 5.78 Å². The van der Waals surface area contributed by atoms with Crippen LogP contribution in [0.15, 0.2) is 29.8 Å². The van der Waals surface area contributed by atoms with Gasteiger partial charge in [0.05, 0.1) is 6.10 Å². The maximum absolute atomic E-state index is 13.4. The molecule has 2 fully saturated rings. The molecule has 0 heterocycles. The summed E-state index contributed by atoms with van der Waals surface area (Å²) < 4.78 is 44.0. The Morgan fingerprint density at radius 1 is 0.946 bits per heavy atom. The van der Waals surface area contributed by atoms with E-state index >= 15 is 0 Å². The zero-order valence-corrected chi connectivity index (χ0v) is 22.8. The number of hydrogen-bond donors (Lipinski definition) is 0. The number of hydrogen-bond acceptors (Lipinski definition) is 2. The van der Waals surface area contributed by atoms with Gasteiger partial charge in [-0.3, -0.25) is 9.53 Å². The topological polar surface area (TPSA) is 26.3 Å². The highest BCUT2D eigenvalue weighted by atomic mass is 19.4. The number of rotatable bonds is 9. The molecule has 3 aliphatic carbocycles. The van der Waals surface area contributed by atoms with E-state index in [1.165, 1.54) is 61.6 Å². The minimum atomic E-state index is -4.69. The lowest BCUT2D eigenvalue weighted by molar-refractivity contribution is -0.338. The molecule has 1 aromatic carbocycles. The molecule has 0 saturated heterocycles. The standard InChI is InChI=1S/C32H45F3O2/c1-3-7-23-11-10-22(2)18-27(23)16-17-31(36)29-19-28(20-30(21-29)37-32(33,34)35)26-14-12-25(13-15-26)24-8-5-4-6-9-24/h10-11,18,20,24-26,29-30H,3-9,12-17,19,21H2,1-2H3. The van der Waals surface area contributed by atoms with Gasteiger partial charge < -0.3 is 0 Å². The number of ketones is 1. The van der Waals surface area contributed by atoms with E-state index in [2.05, 4.69) is 36.8 Å². The number of alkyl halides is 3. The van der Waals surface area contributed by atoms with Crippen LogP contribution in [0.1, 0.15) is 107 Å². The Morgan fingerprint density at radius 3 is 2.32 bits per heavy atom. The van der Waals surface area contributed by atoms with Gasteiger partial charge >= 0.3 is 6.36 Å². The molecule has 5 heteroatoms. The van der Waals surface area contributed by atoms with Gasteiger partial charge in [0.15, 0.2) is 0 Å². The number of carbonyl (C=O) groups excluding carboxylic acids is 1. The molecular formula is C32H45F3O2. The number of ether oxygens (including phenoxy) is 1. The second kappa shape index (κ2) is 13.0. The largest absolute Gasteiger partial charge is 0.523 e. The second-order valence-electron chi connectivity index (χ2n) is 12.0. The van der Waals surface area contributed by atoms with Gasteiger partial charge in [-0.15, -0.1) is 13.2 Å². The van der Waals surface area contributed by atoms with Crippen LogP contribution in [-0.4, -0.2) is 18.2 Å². The zero-order valence-electron chi connectivity index (χ0n) is 22.8. The summed E-state index contributed by atoms with van der Waals surface area (Å²) in [6, 6.07) is 6.42. The summed E-state index contributed by atoms with van der Waals surface area (Å²) in [5.74, 6) is 1.60. The van der Waals surface area contributed by atoms with Gasteiger partial charge in [0.25, 0.3) is 0 Å². The van der Waals surface area contributed by atoms with Gasteiger partial charge in [-0.25, -0.2) is 0 Å². The highest BCUT2D eigenvalue weighted by Crippen LogP contribution is 2.44. The Morgan fingerprint density at radius 2 is 1.65 bits per heavy atom. The van der Waals surface area contributed by atoms with Crippen molar-refractivity contribution in [3.05, 3.63) is 46.5 Å². The fraction of sp³-hybridized carbons (Fsp3) is 0.719. The molecular weight excluding hydrogens is 473 g/mol. The van der Waals surface area contributed by atoms with Crippen molar-refractivity contribution in [2.24, 2.45) is 23.7 Å². The molecule has 4 rings (SSSR count). The Kier molecular flexibility index (Phi) is 9.94. The summed E-state index contributed by atoms with van der Waals surface area (Å²) in [5, 5.41) is 0. The first-order valence-electron chi connectivity index (χ1n) is 14.8. The maximum Gasteiger partial charge on any atom is 0.523 e. The van der Waals surface area contributed by atoms with E-state index in [4.69, 9.17) is 0 Å². The van der Waals surface area contributed by atoms with E-state index in [0.717, 1.165) is 43.1 Å². The Bertz CT molecular complexity index is 920. The lowest BCUT2D eigenvalue weighted by Crippen LogP contribution is -2.33. The molecule has 0 aliphatic heterocycles. The van der Waals surface area contributed by atoms with Gasteiger partial charge in [-0.2, -0.15) is 0 Å². The minimum Gasteiger partial charge on any atom is -0.299 e. The lowest BCUT2D eigenvalue weighted by atomic mass is 9.68. The van der Waals surface area contributed by atoms with Crippen LogP contribution in [0, 0.1) is 30.6 Å². The van der Waals surface area contributed by atoms with Crippen LogP contribution in [0.3, 0.4) is 0 Å². The maximum atomic E-state index is 13.4. The van der Waals surface area contributed by atoms with Crippen LogP contribution in [0.25, 0.3) is 0 Å². The molecule has 0 N–H and O–H groups in total. The van der Waals surface area contributed by atoms with Crippen LogP contribution in [0.2, 0.25) is 0 Å². The first kappa shape index (κ1) is 28.4. The molecule has 2 unspecified atom stereocenters. The van der Waals surface area contributed by atoms with E-state index in [0.29, 0.717) is 25.2 Å². The summed E-state index contributed by atoms with van der Waals surface area (Å²) in [5.41, 5.74) is 4.69. The number of halogens is 3. The summed E-state index contributed by atoms with van der Waals surface area (Å²) >= 11 is 0. The van der Waals surface area contributed by atoms with Crippen LogP contribution in [-0.2, 0) is 22.4 Å². The minimum absolute atomic E-state index is 0.0845. The van der Waals surface area contributed by atoms with Gasteiger partial charge in [-0.05, 0) is 87.2 Å². The second-order valence-corrected chi connectivity index (χ2v) is 12.0. The van der Waals surface area contributed by atoms with Crippen molar-refractivity contribution >= 4 is 5.78 Å². The Labute approximate surface area is 221 Å². The molecule has 1 aromatic rings. The van der Waals surface area contributed by atoms with Crippen LogP contribution >= 0.6 is 0 Å². The molecule has 37 heavy (non-hydrogen) atoms. The van der Waals surface area contributed by atoms with E-state index in [1.807, 2.05) is 0 Å². The van der Waals surface area contributed by atoms with Crippen LogP contribution in [0.4, 0.5) is 13.2 Å². The Hall–Kier alpha value is -1.62. The van der Waals surface area contributed by atoms with Gasteiger partial charge in [0.2, 0.25) is 0 Å². The summed E-state index contributed by atoms with van der Waals surface area (Å²) in [7, 11) is 0. The van der Waals surface area contributed by atoms with Crippen molar-refractivity contribution in [2.75, 3.05) is 0 Å². The van der Waals surface area contributed by atoms with E-state index in [1.54, 1.807) is 6.08 Å². The highest BCUT2D eigenvalue weighted by molar-refractivity contribution is 5.82. The molecule has 0 amide bonds. The van der Waals surface area contributed by atoms with E-state index in [9.17, 15) is 18.0 Å². The van der Waals surface area contributed by atoms with Crippen molar-refractivity contribution < 1.29 is 22.7 Å². The normalized spacial score (nSPS) is 27.6. The molecule has 2 saturated carbocycles. The fourth-order valence-corrected chi connectivity index (χ4v) is 7.35. The summed E-state index contributed by atoms with van der Waals surface area (Å²) in [6.45, 7) is 4.20. The number of aryl methyl sites for hydroxylation is 3. The SMILES string of the molecule is CCCc1ccc(C)cc1CCC(=O)C1CC(C2CCC(C3CCCCC3)CC2)=CC(OC(F)(F)F)C1. The van der Waals surface area contributed by atoms with Crippen molar-refractivity contribution in [3.63, 3.8) is 0 Å². The summed E-state index contributed by atoms with van der Waals surface area (Å²) in [6.07, 6.45) is 10.9. The van der Waals surface area contributed by atoms with Crippen molar-refractivity contribution in [2.45, 2.75) is 123 Å². The average molecular weight is 519 g/mol. The molecule has 3 aliphatic rings. The predicted octanol–water partition coefficient (Wildman–Crippen LogP) is 9.08. The van der Waals surface area contributed by atoms with Crippen molar-refractivity contribution in [1.82, 2.24) is 0 Å². The number of benzene rings is 1. The average Bonchev–Trinajstić information content (AvgIpc) is 2.88. The first-order chi connectivity index (χ1) is 17.7. The molecule has 0 aromatic heterocycles. The van der Waals surface area contributed by atoms with Crippen molar-refractivity contribution in [1.29, 1.82) is 0 Å². The van der Waals surface area contributed by atoms with Crippen LogP contribution < -0.4 is 0 Å². The first-order valence-corrected chi connectivity index (χ1v) is 14.8. The third-order valence-electron chi connectivity index (χ3n) is 9.27. The van der Waals surface area contributed by atoms with Gasteiger partial charge in [-0.1, -0.05) is 80.9 Å². The highest BCUT2D eigenvalue weighted by Gasteiger charge is 2.39. The molecule has 0 spiro atoms. The fourth-order valence-electron chi connectivity index (χ4n) is 7.35. The predicted molar refractivity (Wildman–Crippen MR) is 142 cm³/mol. The smallest absolute Gasteiger partial charge is 0.299 e. The van der Waals surface area contributed by atoms with E-state index < -0.39 is 12.5 Å². The third kappa shape index (κ3) is 8.18. The van der Waals surface area contributed by atoms with E-state index in [-0.39, 0.29) is 18.1 Å². The monoisotopic (exact) mass is 518 g/mol. The summed E-state index contributed by atoms with van der Waals surface area (Å²) in [4.78, 5) is 13.4. The molecule has 2 atom stereocenters. The van der Waals surface area contributed by atoms with Gasteiger partial charge in [0, 0.05) is 12.3 Å². The third-order valence-corrected chi connectivity index (χ3v) is 9.27. The molecule has 0 bridgehead atoms. The quantitative estimate of drug-likeness (QED) is 0.305. The zero-order chi connectivity index (χ0) is 26.4. The van der Waals surface area contributed by atoms with Crippen molar-refractivity contribution in [3.8, 4) is 0 Å². The number of carbonyl (C=O) groups is 1. The lowest BCUT2D eigenvalue weighted by Gasteiger charge is -2.38. The number of Topliss-reactive ketones (excluding diaryl/α,β-unsaturated/α-hetero) is 1. The Balaban J connectivity index is 1.40. The molecule has 206 valence electrons. The van der Waals surface area contributed by atoms with Crippen LogP contribution in [0.5, 0.6) is 0 Å². The molecule has 0 radical (unpaired) electrons. The molecule has 2 nitrogen and oxygen atoms in total.